The molecule has 3 heterocycles. The van der Waals surface area contributed by atoms with Gasteiger partial charge >= 0.3 is 0 Å². The standard InChI is InChI=1S/C26H26N6OS/c1-4-11-23-28-25(33-31-23)17(3)34-26-30-29-24(32(26)5-2)20-16-22(18-12-7-6-8-13-18)27-21-15-10-9-14-19(20)21/h6-10,12-17H,4-5,11H2,1-3H3. The third kappa shape index (κ3) is 4.33. The SMILES string of the molecule is CCCc1noc(C(C)Sc2nnc(-c3cc(-c4ccccc4)nc4ccccc34)n2CC)n1. The van der Waals surface area contributed by atoms with Crippen LogP contribution in [0.5, 0.6) is 0 Å². The van der Waals surface area contributed by atoms with Gasteiger partial charge in [-0.15, -0.1) is 10.2 Å². The molecule has 0 aliphatic rings. The summed E-state index contributed by atoms with van der Waals surface area (Å²) in [5, 5.41) is 15.1. The van der Waals surface area contributed by atoms with E-state index < -0.39 is 0 Å². The van der Waals surface area contributed by atoms with Gasteiger partial charge in [0.2, 0.25) is 5.89 Å². The van der Waals surface area contributed by atoms with Gasteiger partial charge in [-0.3, -0.25) is 0 Å². The summed E-state index contributed by atoms with van der Waals surface area (Å²) >= 11 is 1.58. The van der Waals surface area contributed by atoms with E-state index >= 15 is 0 Å². The predicted molar refractivity (Wildman–Crippen MR) is 134 cm³/mol. The van der Waals surface area contributed by atoms with Gasteiger partial charge in [0.05, 0.1) is 16.5 Å². The molecule has 8 heteroatoms. The molecule has 5 aromatic rings. The van der Waals surface area contributed by atoms with Gasteiger partial charge in [-0.25, -0.2) is 4.98 Å². The summed E-state index contributed by atoms with van der Waals surface area (Å²) < 4.78 is 7.63. The lowest BCUT2D eigenvalue weighted by molar-refractivity contribution is 0.374. The van der Waals surface area contributed by atoms with E-state index in [0.717, 1.165) is 63.9 Å². The second-order valence-corrected chi connectivity index (χ2v) is 9.36. The maximum atomic E-state index is 5.49. The highest BCUT2D eigenvalue weighted by molar-refractivity contribution is 7.99. The van der Waals surface area contributed by atoms with Gasteiger partial charge in [-0.05, 0) is 32.4 Å². The normalized spacial score (nSPS) is 12.3. The number of hydrogen-bond acceptors (Lipinski definition) is 7. The summed E-state index contributed by atoms with van der Waals surface area (Å²) in [5.41, 5.74) is 3.93. The van der Waals surface area contributed by atoms with Crippen LogP contribution in [0, 0.1) is 0 Å². The minimum absolute atomic E-state index is 0.0329. The number of para-hydroxylation sites is 1. The van der Waals surface area contributed by atoms with Gasteiger partial charge in [-0.1, -0.05) is 72.4 Å². The second kappa shape index (κ2) is 9.77. The predicted octanol–water partition coefficient (Wildman–Crippen LogP) is 6.37. The largest absolute Gasteiger partial charge is 0.338 e. The number of aromatic nitrogens is 6. The van der Waals surface area contributed by atoms with Crippen molar-refractivity contribution in [3.8, 4) is 22.6 Å². The highest BCUT2D eigenvalue weighted by atomic mass is 32.2. The molecule has 7 nitrogen and oxygen atoms in total. The number of nitrogens with zero attached hydrogens (tertiary/aromatic N) is 6. The van der Waals surface area contributed by atoms with Crippen LogP contribution in [0.3, 0.4) is 0 Å². The fraction of sp³-hybridized carbons (Fsp3) is 0.269. The minimum Gasteiger partial charge on any atom is -0.338 e. The molecular weight excluding hydrogens is 444 g/mol. The van der Waals surface area contributed by atoms with Crippen molar-refractivity contribution in [3.05, 3.63) is 72.4 Å². The maximum absolute atomic E-state index is 5.49. The lowest BCUT2D eigenvalue weighted by atomic mass is 10.0. The highest BCUT2D eigenvalue weighted by Crippen LogP contribution is 2.37. The Bertz CT molecular complexity index is 1410. The van der Waals surface area contributed by atoms with E-state index in [4.69, 9.17) is 9.51 Å². The summed E-state index contributed by atoms with van der Waals surface area (Å²) in [5.74, 6) is 2.19. The van der Waals surface area contributed by atoms with Gasteiger partial charge < -0.3 is 9.09 Å². The van der Waals surface area contributed by atoms with Crippen molar-refractivity contribution < 1.29 is 4.52 Å². The number of fused-ring (bicyclic) bond motifs is 1. The molecule has 5 rings (SSSR count). The maximum Gasteiger partial charge on any atom is 0.239 e. The number of benzene rings is 2. The van der Waals surface area contributed by atoms with Crippen molar-refractivity contribution in [2.45, 2.75) is 50.6 Å². The Labute approximate surface area is 202 Å². The zero-order valence-electron chi connectivity index (χ0n) is 19.5. The van der Waals surface area contributed by atoms with Crippen molar-refractivity contribution >= 4 is 22.7 Å². The van der Waals surface area contributed by atoms with Crippen molar-refractivity contribution in [1.82, 2.24) is 29.9 Å². The van der Waals surface area contributed by atoms with E-state index in [0.29, 0.717) is 5.89 Å². The van der Waals surface area contributed by atoms with Crippen molar-refractivity contribution in [2.75, 3.05) is 0 Å². The monoisotopic (exact) mass is 470 g/mol. The number of thioether (sulfide) groups is 1. The summed E-state index contributed by atoms with van der Waals surface area (Å²) in [6.07, 6.45) is 1.80. The Hall–Kier alpha value is -3.52. The lowest BCUT2D eigenvalue weighted by Crippen LogP contribution is -2.02. The minimum atomic E-state index is -0.0329. The summed E-state index contributed by atoms with van der Waals surface area (Å²) in [7, 11) is 0. The molecule has 0 saturated carbocycles. The summed E-state index contributed by atoms with van der Waals surface area (Å²) in [4.78, 5) is 9.45. The molecule has 2 aromatic carbocycles. The molecule has 0 amide bonds. The lowest BCUT2D eigenvalue weighted by Gasteiger charge is -2.12. The smallest absolute Gasteiger partial charge is 0.239 e. The van der Waals surface area contributed by atoms with Gasteiger partial charge in [0.1, 0.15) is 0 Å². The first-order valence-corrected chi connectivity index (χ1v) is 12.4. The van der Waals surface area contributed by atoms with E-state index in [9.17, 15) is 0 Å². The topological polar surface area (TPSA) is 82.5 Å². The Morgan fingerprint density at radius 3 is 2.56 bits per heavy atom. The molecule has 1 unspecified atom stereocenters. The van der Waals surface area contributed by atoms with Gasteiger partial charge in [-0.2, -0.15) is 4.98 Å². The molecule has 3 aromatic heterocycles. The van der Waals surface area contributed by atoms with E-state index in [1.165, 1.54) is 0 Å². The van der Waals surface area contributed by atoms with Crippen LogP contribution in [0.15, 0.2) is 70.3 Å². The average molecular weight is 471 g/mol. The zero-order chi connectivity index (χ0) is 23.5. The molecule has 0 bridgehead atoms. The van der Waals surface area contributed by atoms with Crippen LogP contribution in [0.2, 0.25) is 0 Å². The van der Waals surface area contributed by atoms with Crippen LogP contribution in [0.25, 0.3) is 33.5 Å². The van der Waals surface area contributed by atoms with Crippen molar-refractivity contribution in [2.24, 2.45) is 0 Å². The first-order chi connectivity index (χ1) is 16.7. The molecule has 0 aliphatic heterocycles. The third-order valence-corrected chi connectivity index (χ3v) is 6.72. The fourth-order valence-electron chi connectivity index (χ4n) is 3.94. The van der Waals surface area contributed by atoms with Crippen LogP contribution >= 0.6 is 11.8 Å². The Balaban J connectivity index is 1.55. The molecule has 0 N–H and O–H groups in total. The number of pyridine rings is 1. The second-order valence-electron chi connectivity index (χ2n) is 8.05. The Kier molecular flexibility index (Phi) is 6.40. The van der Waals surface area contributed by atoms with Crippen LogP contribution in [0.1, 0.15) is 44.2 Å². The summed E-state index contributed by atoms with van der Waals surface area (Å²) in [6, 6.07) is 20.5. The van der Waals surface area contributed by atoms with Crippen LogP contribution in [-0.2, 0) is 13.0 Å². The molecular formula is C26H26N6OS. The first-order valence-electron chi connectivity index (χ1n) is 11.6. The molecule has 34 heavy (non-hydrogen) atoms. The quantitative estimate of drug-likeness (QED) is 0.244. The number of rotatable bonds is 8. The zero-order valence-corrected chi connectivity index (χ0v) is 20.3. The molecule has 0 aliphatic carbocycles. The molecule has 0 saturated heterocycles. The van der Waals surface area contributed by atoms with Crippen LogP contribution < -0.4 is 0 Å². The summed E-state index contributed by atoms with van der Waals surface area (Å²) in [6.45, 7) is 7.00. The third-order valence-electron chi connectivity index (χ3n) is 5.65. The van der Waals surface area contributed by atoms with Gasteiger partial charge in [0.15, 0.2) is 16.8 Å². The van der Waals surface area contributed by atoms with Crippen molar-refractivity contribution in [3.63, 3.8) is 0 Å². The molecule has 0 radical (unpaired) electrons. The molecule has 172 valence electrons. The highest BCUT2D eigenvalue weighted by Gasteiger charge is 2.22. The Morgan fingerprint density at radius 2 is 1.76 bits per heavy atom. The Morgan fingerprint density at radius 1 is 0.971 bits per heavy atom. The van der Waals surface area contributed by atoms with Crippen molar-refractivity contribution in [1.29, 1.82) is 0 Å². The van der Waals surface area contributed by atoms with E-state index in [2.05, 4.69) is 69.9 Å². The number of aryl methyl sites for hydroxylation is 1. The van der Waals surface area contributed by atoms with E-state index in [1.807, 2.05) is 36.4 Å². The van der Waals surface area contributed by atoms with E-state index in [1.54, 1.807) is 11.8 Å². The fourth-order valence-corrected chi connectivity index (χ4v) is 4.89. The average Bonchev–Trinajstić information content (AvgIpc) is 3.51. The van der Waals surface area contributed by atoms with Gasteiger partial charge in [0, 0.05) is 29.5 Å². The molecule has 0 fully saturated rings. The van der Waals surface area contributed by atoms with Gasteiger partial charge in [0.25, 0.3) is 0 Å². The van der Waals surface area contributed by atoms with Crippen LogP contribution in [0.4, 0.5) is 0 Å². The van der Waals surface area contributed by atoms with Crippen LogP contribution in [-0.4, -0.2) is 29.9 Å². The molecule has 0 spiro atoms. The molecule has 1 atom stereocenters. The number of hydrogen-bond donors (Lipinski definition) is 0. The first kappa shape index (κ1) is 22.3. The van der Waals surface area contributed by atoms with E-state index in [-0.39, 0.29) is 5.25 Å².